The molecule has 17 heavy (non-hydrogen) atoms. The van der Waals surface area contributed by atoms with Crippen molar-refractivity contribution in [2.24, 2.45) is 0 Å². The Kier molecular flexibility index (Phi) is 4.89. The molecule has 0 spiro atoms. The van der Waals surface area contributed by atoms with Crippen LogP contribution < -0.4 is 10.1 Å². The van der Waals surface area contributed by atoms with Gasteiger partial charge in [0.2, 0.25) is 17.1 Å². The second-order valence-corrected chi connectivity index (χ2v) is 3.51. The second kappa shape index (κ2) is 6.19. The van der Waals surface area contributed by atoms with E-state index in [1.807, 2.05) is 6.92 Å². The highest BCUT2D eigenvalue weighted by Crippen LogP contribution is 2.10. The maximum Gasteiger partial charge on any atom is 0.322 e. The maximum absolute atomic E-state index is 11.5. The first-order valence-electron chi connectivity index (χ1n) is 5.00. The molecule has 1 heterocycles. The van der Waals surface area contributed by atoms with Gasteiger partial charge in [-0.25, -0.2) is 0 Å². The van der Waals surface area contributed by atoms with E-state index in [1.165, 1.54) is 7.11 Å². The Morgan fingerprint density at radius 1 is 1.47 bits per heavy atom. The first-order valence-corrected chi connectivity index (χ1v) is 5.38. The van der Waals surface area contributed by atoms with Crippen LogP contribution in [0.25, 0.3) is 0 Å². The monoisotopic (exact) mass is 259 g/mol. The van der Waals surface area contributed by atoms with Crippen LogP contribution in [-0.2, 0) is 4.79 Å². The van der Waals surface area contributed by atoms with E-state index in [9.17, 15) is 4.79 Å². The first-order chi connectivity index (χ1) is 8.06. The molecule has 8 heteroatoms. The van der Waals surface area contributed by atoms with Gasteiger partial charge in [-0.05, 0) is 18.5 Å². The fraction of sp³-hybridized carbons (Fsp3) is 0.556. The van der Waals surface area contributed by atoms with E-state index in [0.29, 0.717) is 6.54 Å². The van der Waals surface area contributed by atoms with Gasteiger partial charge >= 0.3 is 6.01 Å². The molecule has 1 N–H and O–H groups in total. The van der Waals surface area contributed by atoms with E-state index in [4.69, 9.17) is 16.3 Å². The molecule has 0 aliphatic rings. The number of anilines is 1. The van der Waals surface area contributed by atoms with Crippen LogP contribution in [0.2, 0.25) is 5.28 Å². The molecular weight excluding hydrogens is 246 g/mol. The first kappa shape index (κ1) is 13.4. The highest BCUT2D eigenvalue weighted by atomic mass is 35.5. The average Bonchev–Trinajstić information content (AvgIpc) is 2.34. The van der Waals surface area contributed by atoms with Crippen molar-refractivity contribution < 1.29 is 9.53 Å². The molecule has 1 rings (SSSR count). The molecule has 0 unspecified atom stereocenters. The molecule has 0 aromatic carbocycles. The lowest BCUT2D eigenvalue weighted by Crippen LogP contribution is -2.32. The number of methoxy groups -OCH3 is 1. The van der Waals surface area contributed by atoms with Gasteiger partial charge in [-0.15, -0.1) is 0 Å². The molecule has 0 bridgehead atoms. The molecule has 1 aromatic heterocycles. The Bertz CT molecular complexity index is 401. The summed E-state index contributed by atoms with van der Waals surface area (Å²) in [6, 6.07) is 0.101. The topological polar surface area (TPSA) is 80.2 Å². The minimum atomic E-state index is -0.0667. The summed E-state index contributed by atoms with van der Waals surface area (Å²) in [7, 11) is 3.14. The van der Waals surface area contributed by atoms with Gasteiger partial charge in [-0.2, -0.15) is 15.0 Å². The number of rotatable bonds is 5. The van der Waals surface area contributed by atoms with E-state index >= 15 is 0 Å². The zero-order valence-corrected chi connectivity index (χ0v) is 10.7. The Morgan fingerprint density at radius 3 is 2.76 bits per heavy atom. The van der Waals surface area contributed by atoms with Crippen LogP contribution in [0.1, 0.15) is 6.92 Å². The molecular formula is C9H14ClN5O2. The predicted molar refractivity (Wildman–Crippen MR) is 63.2 cm³/mol. The fourth-order valence-electron chi connectivity index (χ4n) is 0.968. The van der Waals surface area contributed by atoms with Gasteiger partial charge < -0.3 is 15.0 Å². The zero-order chi connectivity index (χ0) is 12.8. The summed E-state index contributed by atoms with van der Waals surface area (Å²) >= 11 is 5.66. The minimum Gasteiger partial charge on any atom is -0.467 e. The molecule has 0 saturated carbocycles. The summed E-state index contributed by atoms with van der Waals surface area (Å²) in [5.41, 5.74) is 0. The van der Waals surface area contributed by atoms with Crippen molar-refractivity contribution in [3.8, 4) is 6.01 Å². The number of nitrogens with zero attached hydrogens (tertiary/aromatic N) is 4. The molecule has 94 valence electrons. The van der Waals surface area contributed by atoms with Gasteiger partial charge in [0.15, 0.2) is 0 Å². The summed E-state index contributed by atoms with van der Waals surface area (Å²) < 4.78 is 4.83. The van der Waals surface area contributed by atoms with E-state index < -0.39 is 0 Å². The normalized spacial score (nSPS) is 9.88. The highest BCUT2D eigenvalue weighted by Gasteiger charge is 2.09. The van der Waals surface area contributed by atoms with Crippen molar-refractivity contribution in [3.63, 3.8) is 0 Å². The Morgan fingerprint density at radius 2 is 2.18 bits per heavy atom. The van der Waals surface area contributed by atoms with Crippen LogP contribution in [0.4, 0.5) is 5.95 Å². The number of ether oxygens (including phenoxy) is 1. The van der Waals surface area contributed by atoms with Gasteiger partial charge in [0.1, 0.15) is 0 Å². The predicted octanol–water partition coefficient (Wildman–Crippen LogP) is 0.424. The van der Waals surface area contributed by atoms with Crippen LogP contribution >= 0.6 is 11.6 Å². The average molecular weight is 260 g/mol. The highest BCUT2D eigenvalue weighted by molar-refractivity contribution is 6.28. The number of amides is 1. The SMILES string of the molecule is CCN(C)C(=O)CNc1nc(Cl)nc(OC)n1. The number of likely N-dealkylation sites (N-methyl/N-ethyl adjacent to an activating group) is 1. The maximum atomic E-state index is 11.5. The standard InChI is InChI=1S/C9H14ClN5O2/c1-4-15(2)6(16)5-11-8-12-7(10)13-9(14-8)17-3/h4-5H2,1-3H3,(H,11,12,13,14). The minimum absolute atomic E-state index is 0.00986. The molecule has 1 aromatic rings. The number of aromatic nitrogens is 3. The Labute approximate surface area is 104 Å². The second-order valence-electron chi connectivity index (χ2n) is 3.18. The number of carbonyl (C=O) groups excluding carboxylic acids is 1. The largest absolute Gasteiger partial charge is 0.467 e. The summed E-state index contributed by atoms with van der Waals surface area (Å²) in [5, 5.41) is 2.77. The molecule has 7 nitrogen and oxygen atoms in total. The Balaban J connectivity index is 2.63. The quantitative estimate of drug-likeness (QED) is 0.826. The van der Waals surface area contributed by atoms with Crippen molar-refractivity contribution in [3.05, 3.63) is 5.28 Å². The van der Waals surface area contributed by atoms with Crippen molar-refractivity contribution >= 4 is 23.5 Å². The van der Waals surface area contributed by atoms with E-state index in [-0.39, 0.29) is 29.7 Å². The summed E-state index contributed by atoms with van der Waals surface area (Å²) in [5.74, 6) is 0.141. The van der Waals surface area contributed by atoms with Crippen molar-refractivity contribution in [1.82, 2.24) is 19.9 Å². The van der Waals surface area contributed by atoms with Gasteiger partial charge in [0.05, 0.1) is 13.7 Å². The van der Waals surface area contributed by atoms with Crippen molar-refractivity contribution in [1.29, 1.82) is 0 Å². The molecule has 0 atom stereocenters. The molecule has 0 radical (unpaired) electrons. The molecule has 0 aliphatic carbocycles. The number of hydrogen-bond acceptors (Lipinski definition) is 6. The lowest BCUT2D eigenvalue weighted by atomic mass is 10.5. The summed E-state index contributed by atoms with van der Waals surface area (Å²) in [6.45, 7) is 2.62. The lowest BCUT2D eigenvalue weighted by Gasteiger charge is -2.14. The lowest BCUT2D eigenvalue weighted by molar-refractivity contribution is -0.127. The summed E-state index contributed by atoms with van der Waals surface area (Å²) in [4.78, 5) is 24.5. The molecule has 0 saturated heterocycles. The van der Waals surface area contributed by atoms with Gasteiger partial charge in [0, 0.05) is 13.6 Å². The van der Waals surface area contributed by atoms with Gasteiger partial charge in [-0.1, -0.05) is 0 Å². The van der Waals surface area contributed by atoms with E-state index in [1.54, 1.807) is 11.9 Å². The van der Waals surface area contributed by atoms with Crippen molar-refractivity contribution in [2.45, 2.75) is 6.92 Å². The third-order valence-corrected chi connectivity index (χ3v) is 2.24. The van der Waals surface area contributed by atoms with E-state index in [0.717, 1.165) is 0 Å². The van der Waals surface area contributed by atoms with Gasteiger partial charge in [-0.3, -0.25) is 4.79 Å². The van der Waals surface area contributed by atoms with E-state index in [2.05, 4.69) is 20.3 Å². The molecule has 0 aliphatic heterocycles. The third kappa shape index (κ3) is 4.03. The van der Waals surface area contributed by atoms with Crippen molar-refractivity contribution in [2.75, 3.05) is 32.6 Å². The number of halogens is 1. The molecule has 1 amide bonds. The zero-order valence-electron chi connectivity index (χ0n) is 9.90. The van der Waals surface area contributed by atoms with Gasteiger partial charge in [0.25, 0.3) is 0 Å². The fourth-order valence-corrected chi connectivity index (χ4v) is 1.12. The smallest absolute Gasteiger partial charge is 0.322 e. The van der Waals surface area contributed by atoms with Crippen LogP contribution in [-0.4, -0.2) is 53.0 Å². The number of hydrogen-bond donors (Lipinski definition) is 1. The third-order valence-electron chi connectivity index (χ3n) is 2.07. The van der Waals surface area contributed by atoms with Crippen LogP contribution in [0, 0.1) is 0 Å². The number of carbonyl (C=O) groups is 1. The molecule has 0 fully saturated rings. The van der Waals surface area contributed by atoms with Crippen LogP contribution in [0.3, 0.4) is 0 Å². The number of nitrogens with one attached hydrogen (secondary N) is 1. The summed E-state index contributed by atoms with van der Waals surface area (Å²) in [6.07, 6.45) is 0. The van der Waals surface area contributed by atoms with Crippen LogP contribution in [0.15, 0.2) is 0 Å². The van der Waals surface area contributed by atoms with Crippen LogP contribution in [0.5, 0.6) is 6.01 Å². The Hall–Kier alpha value is -1.63.